The number of nitrogens with zero attached hydrogens (tertiary/aromatic N) is 4. The highest BCUT2D eigenvalue weighted by Gasteiger charge is 2.47. The Bertz CT molecular complexity index is 1110. The van der Waals surface area contributed by atoms with E-state index < -0.39 is 0 Å². The van der Waals surface area contributed by atoms with Gasteiger partial charge in [-0.25, -0.2) is 0 Å². The Morgan fingerprint density at radius 2 is 2.13 bits per heavy atom. The number of aromatic amines is 1. The van der Waals surface area contributed by atoms with Crippen LogP contribution in [-0.4, -0.2) is 44.6 Å². The van der Waals surface area contributed by atoms with E-state index in [0.29, 0.717) is 40.9 Å². The van der Waals surface area contributed by atoms with Crippen LogP contribution in [0.5, 0.6) is 11.5 Å². The van der Waals surface area contributed by atoms with Gasteiger partial charge in [-0.15, -0.1) is 0 Å². The molecule has 5 rings (SSSR count). The molecule has 30 heavy (non-hydrogen) atoms. The smallest absolute Gasteiger partial charge is 0.272 e. The van der Waals surface area contributed by atoms with Gasteiger partial charge in [0.2, 0.25) is 0 Å². The molecule has 8 nitrogen and oxygen atoms in total. The van der Waals surface area contributed by atoms with Gasteiger partial charge in [-0.3, -0.25) is 14.9 Å². The van der Waals surface area contributed by atoms with Crippen molar-refractivity contribution >= 4 is 5.91 Å². The minimum atomic E-state index is -0.242. The Hall–Kier alpha value is -3.86. The number of H-pyrrole nitrogens is 1. The molecule has 3 atom stereocenters. The van der Waals surface area contributed by atoms with E-state index in [1.165, 1.54) is 0 Å². The van der Waals surface area contributed by atoms with Crippen LogP contribution < -0.4 is 10.1 Å². The number of hydrogen-bond acceptors (Lipinski definition) is 6. The van der Waals surface area contributed by atoms with Crippen molar-refractivity contribution in [2.45, 2.75) is 24.9 Å². The van der Waals surface area contributed by atoms with E-state index >= 15 is 0 Å². The number of nitriles is 1. The summed E-state index contributed by atoms with van der Waals surface area (Å²) in [6, 6.07) is 13.0. The third-order valence-electron chi connectivity index (χ3n) is 5.87. The Kier molecular flexibility index (Phi) is 4.56. The lowest BCUT2D eigenvalue weighted by Crippen LogP contribution is -2.42. The van der Waals surface area contributed by atoms with Crippen molar-refractivity contribution < 1.29 is 9.53 Å². The molecule has 1 aliphatic heterocycles. The van der Waals surface area contributed by atoms with E-state index in [2.05, 4.69) is 26.7 Å². The number of aromatic nitrogens is 3. The highest BCUT2D eigenvalue weighted by Crippen LogP contribution is 2.37. The molecule has 1 saturated heterocycles. The molecule has 8 heteroatoms. The second-order valence-corrected chi connectivity index (χ2v) is 7.61. The lowest BCUT2D eigenvalue weighted by molar-refractivity contribution is 0.0924. The van der Waals surface area contributed by atoms with Crippen LogP contribution in [0, 0.1) is 17.4 Å². The van der Waals surface area contributed by atoms with Crippen molar-refractivity contribution in [3.8, 4) is 28.9 Å². The zero-order chi connectivity index (χ0) is 20.5. The zero-order valence-electron chi connectivity index (χ0n) is 16.2. The third-order valence-corrected chi connectivity index (χ3v) is 5.87. The predicted octanol–water partition coefficient (Wildman–Crippen LogP) is 2.94. The van der Waals surface area contributed by atoms with Crippen LogP contribution in [0.25, 0.3) is 11.3 Å². The van der Waals surface area contributed by atoms with Crippen LogP contribution in [0.4, 0.5) is 0 Å². The number of likely N-dealkylation sites (tertiary alicyclic amines) is 1. The molecule has 2 N–H and O–H groups in total. The van der Waals surface area contributed by atoms with Gasteiger partial charge in [-0.05, 0) is 43.0 Å². The first-order valence-corrected chi connectivity index (χ1v) is 9.93. The van der Waals surface area contributed by atoms with Gasteiger partial charge < -0.3 is 15.0 Å². The lowest BCUT2D eigenvalue weighted by atomic mass is 10.1. The summed E-state index contributed by atoms with van der Waals surface area (Å²) >= 11 is 0. The summed E-state index contributed by atoms with van der Waals surface area (Å²) in [7, 11) is 0. The second kappa shape index (κ2) is 7.52. The van der Waals surface area contributed by atoms with E-state index in [0.717, 1.165) is 12.8 Å². The van der Waals surface area contributed by atoms with Gasteiger partial charge in [-0.2, -0.15) is 10.4 Å². The first-order chi connectivity index (χ1) is 14.7. The molecule has 0 spiro atoms. The summed E-state index contributed by atoms with van der Waals surface area (Å²) < 4.78 is 5.98. The number of para-hydroxylation sites is 1. The van der Waals surface area contributed by atoms with E-state index in [-0.39, 0.29) is 18.0 Å². The summed E-state index contributed by atoms with van der Waals surface area (Å²) in [4.78, 5) is 18.8. The van der Waals surface area contributed by atoms with E-state index in [1.807, 2.05) is 30.3 Å². The van der Waals surface area contributed by atoms with Crippen molar-refractivity contribution in [3.05, 3.63) is 60.6 Å². The van der Waals surface area contributed by atoms with E-state index in [1.54, 1.807) is 29.4 Å². The summed E-state index contributed by atoms with van der Waals surface area (Å²) in [5, 5.41) is 19.4. The average Bonchev–Trinajstić information content (AvgIpc) is 3.50. The molecule has 2 aromatic heterocycles. The molecule has 1 aliphatic carbocycles. The maximum Gasteiger partial charge on any atom is 0.272 e. The Morgan fingerprint density at radius 1 is 1.27 bits per heavy atom. The molecule has 3 aromatic rings. The highest BCUT2D eigenvalue weighted by molar-refractivity contribution is 5.93. The topological polar surface area (TPSA) is 107 Å². The van der Waals surface area contributed by atoms with E-state index in [9.17, 15) is 10.1 Å². The number of carbonyl (C=O) groups excluding carboxylic acids is 1. The van der Waals surface area contributed by atoms with Crippen molar-refractivity contribution in [2.24, 2.45) is 5.92 Å². The molecule has 1 amide bonds. The van der Waals surface area contributed by atoms with Crippen LogP contribution in [0.2, 0.25) is 0 Å². The number of benzene rings is 1. The molecule has 0 radical (unpaired) electrons. The maximum absolute atomic E-state index is 12.8. The van der Waals surface area contributed by atoms with Crippen molar-refractivity contribution in [3.63, 3.8) is 0 Å². The number of nitrogens with one attached hydrogen (secondary N) is 2. The van der Waals surface area contributed by atoms with Gasteiger partial charge >= 0.3 is 0 Å². The third kappa shape index (κ3) is 3.24. The van der Waals surface area contributed by atoms with Crippen LogP contribution in [0.3, 0.4) is 0 Å². The SMILES string of the molecule is N#CN1CC2CCC1[C@@H]2NC(=O)c1cc(-c2cnccc2Oc2ccccc2)[nH]n1. The molecular weight excluding hydrogens is 380 g/mol. The monoisotopic (exact) mass is 400 g/mol. The minimum Gasteiger partial charge on any atom is -0.457 e. The van der Waals surface area contributed by atoms with Gasteiger partial charge in [0.15, 0.2) is 11.9 Å². The number of amides is 1. The van der Waals surface area contributed by atoms with Crippen LogP contribution in [0.1, 0.15) is 23.3 Å². The average molecular weight is 400 g/mol. The molecule has 150 valence electrons. The molecule has 1 saturated carbocycles. The molecular formula is C22H20N6O2. The van der Waals surface area contributed by atoms with Gasteiger partial charge in [-0.1, -0.05) is 18.2 Å². The van der Waals surface area contributed by atoms with Crippen LogP contribution in [0.15, 0.2) is 54.9 Å². The number of fused-ring (bicyclic) bond motifs is 2. The maximum atomic E-state index is 12.8. The Balaban J connectivity index is 1.34. The second-order valence-electron chi connectivity index (χ2n) is 7.61. The van der Waals surface area contributed by atoms with Crippen molar-refractivity contribution in [1.29, 1.82) is 5.26 Å². The predicted molar refractivity (Wildman–Crippen MR) is 108 cm³/mol. The van der Waals surface area contributed by atoms with Gasteiger partial charge in [0.1, 0.15) is 11.5 Å². The molecule has 2 fully saturated rings. The standard InChI is InChI=1S/C22H20N6O2/c23-13-28-12-14-6-7-19(28)21(14)25-22(29)18-10-17(26-27-18)16-11-24-9-8-20(16)30-15-4-2-1-3-5-15/h1-5,8-11,14,19,21H,6-7,12H2,(H,25,29)(H,26,27)/t14?,19?,21-/m1/s1. The van der Waals surface area contributed by atoms with Gasteiger partial charge in [0.05, 0.1) is 23.3 Å². The zero-order valence-corrected chi connectivity index (χ0v) is 16.2. The summed E-state index contributed by atoms with van der Waals surface area (Å²) in [6.45, 7) is 0.716. The van der Waals surface area contributed by atoms with Gasteiger partial charge in [0.25, 0.3) is 5.91 Å². The molecule has 3 heterocycles. The summed E-state index contributed by atoms with van der Waals surface area (Å²) in [5.74, 6) is 1.40. The lowest BCUT2D eigenvalue weighted by Gasteiger charge is -2.21. The van der Waals surface area contributed by atoms with Gasteiger partial charge in [0, 0.05) is 18.9 Å². The quantitative estimate of drug-likeness (QED) is 0.638. The van der Waals surface area contributed by atoms with Crippen LogP contribution >= 0.6 is 0 Å². The number of carbonyl (C=O) groups is 1. The fraction of sp³-hybridized carbons (Fsp3) is 0.273. The Morgan fingerprint density at radius 3 is 2.93 bits per heavy atom. The first kappa shape index (κ1) is 18.2. The number of pyridine rings is 1. The minimum absolute atomic E-state index is 0.00679. The van der Waals surface area contributed by atoms with Crippen molar-refractivity contribution in [2.75, 3.05) is 6.54 Å². The number of hydrogen-bond donors (Lipinski definition) is 2. The molecule has 2 bridgehead atoms. The highest BCUT2D eigenvalue weighted by atomic mass is 16.5. The molecule has 2 unspecified atom stereocenters. The number of rotatable bonds is 5. The fourth-order valence-electron chi connectivity index (χ4n) is 4.42. The molecule has 1 aromatic carbocycles. The van der Waals surface area contributed by atoms with E-state index in [4.69, 9.17) is 4.74 Å². The normalized spacial score (nSPS) is 22.0. The van der Waals surface area contributed by atoms with Crippen molar-refractivity contribution in [1.82, 2.24) is 25.4 Å². The number of ether oxygens (including phenoxy) is 1. The first-order valence-electron chi connectivity index (χ1n) is 9.93. The fourth-order valence-corrected chi connectivity index (χ4v) is 4.42. The Labute approximate surface area is 173 Å². The number of piperidine rings is 1. The summed E-state index contributed by atoms with van der Waals surface area (Å²) in [5.41, 5.74) is 1.66. The largest absolute Gasteiger partial charge is 0.457 e. The summed E-state index contributed by atoms with van der Waals surface area (Å²) in [6.07, 6.45) is 7.53. The van der Waals surface area contributed by atoms with Crippen LogP contribution in [-0.2, 0) is 0 Å². The molecule has 2 aliphatic rings.